The summed E-state index contributed by atoms with van der Waals surface area (Å²) in [6, 6.07) is 12.5. The lowest BCUT2D eigenvalue weighted by Gasteiger charge is -2.25. The molecule has 3 amide bonds. The summed E-state index contributed by atoms with van der Waals surface area (Å²) in [6.07, 6.45) is 0.720. The number of morpholine rings is 1. The highest BCUT2D eigenvalue weighted by atomic mass is 16.5. The van der Waals surface area contributed by atoms with E-state index in [1.54, 1.807) is 36.4 Å². The molecule has 188 valence electrons. The Hall–Kier alpha value is -3.75. The maximum atomic E-state index is 12.5. The fourth-order valence-electron chi connectivity index (χ4n) is 3.83. The van der Waals surface area contributed by atoms with E-state index < -0.39 is 23.5 Å². The molecule has 4 rings (SSSR count). The van der Waals surface area contributed by atoms with Crippen molar-refractivity contribution in [3.63, 3.8) is 0 Å². The number of ether oxygens (including phenoxy) is 1. The number of carbonyl (C=O) groups is 3. The van der Waals surface area contributed by atoms with Gasteiger partial charge >= 0.3 is 0 Å². The van der Waals surface area contributed by atoms with Gasteiger partial charge in [-0.2, -0.15) is 0 Å². The molecule has 2 fully saturated rings. The molecule has 2 aromatic carbocycles. The van der Waals surface area contributed by atoms with Gasteiger partial charge in [-0.15, -0.1) is 0 Å². The minimum atomic E-state index is -1.34. The largest absolute Gasteiger partial charge is 0.387 e. The number of hydrogen-bond donors (Lipinski definition) is 5. The van der Waals surface area contributed by atoms with Crippen LogP contribution in [0, 0.1) is 11.8 Å². The molecule has 10 heteroatoms. The Bertz CT molecular complexity index is 1180. The van der Waals surface area contributed by atoms with Crippen LogP contribution in [-0.4, -0.2) is 77.4 Å². The topological polar surface area (TPSA) is 140 Å². The Morgan fingerprint density at radius 1 is 1.03 bits per heavy atom. The summed E-state index contributed by atoms with van der Waals surface area (Å²) in [4.78, 5) is 38.7. The summed E-state index contributed by atoms with van der Waals surface area (Å²) >= 11 is 0. The Kier molecular flexibility index (Phi) is 7.97. The van der Waals surface area contributed by atoms with Crippen molar-refractivity contribution in [2.45, 2.75) is 24.5 Å². The monoisotopic (exact) mass is 492 g/mol. The lowest BCUT2D eigenvalue weighted by Crippen LogP contribution is -2.54. The smallest absolute Gasteiger partial charge is 0.268 e. The molecule has 1 aliphatic heterocycles. The highest BCUT2D eigenvalue weighted by Gasteiger charge is 2.52. The van der Waals surface area contributed by atoms with Crippen LogP contribution < -0.4 is 16.1 Å². The average Bonchev–Trinajstić information content (AvgIpc) is 3.64. The van der Waals surface area contributed by atoms with Crippen molar-refractivity contribution in [3.8, 4) is 11.8 Å². The molecule has 10 nitrogen and oxygen atoms in total. The first kappa shape index (κ1) is 25.3. The van der Waals surface area contributed by atoms with Crippen molar-refractivity contribution in [1.29, 1.82) is 0 Å². The van der Waals surface area contributed by atoms with Crippen LogP contribution in [-0.2, 0) is 14.3 Å². The Morgan fingerprint density at radius 2 is 1.72 bits per heavy atom. The molecule has 1 atom stereocenters. The molecule has 2 aromatic rings. The molecule has 0 bridgehead atoms. The first-order chi connectivity index (χ1) is 17.4. The van der Waals surface area contributed by atoms with E-state index in [0.29, 0.717) is 43.9 Å². The first-order valence-corrected chi connectivity index (χ1v) is 11.7. The van der Waals surface area contributed by atoms with E-state index in [1.165, 1.54) is 5.48 Å². The van der Waals surface area contributed by atoms with Crippen LogP contribution in [0.15, 0.2) is 48.5 Å². The maximum Gasteiger partial charge on any atom is 0.268 e. The standard InChI is InChI=1S/C26H28N4O6/c31-22(17-30-12-14-36-15-13-30)27-21-3-1-2-19(16-21)5-4-18-6-8-20(9-7-18)24(32)28-23(25(33)29-35)26(34)10-11-26/h1-3,6-9,16,23,34-35H,10-15,17H2,(H,27,31)(H,28,32)(H,29,33). The zero-order valence-corrected chi connectivity index (χ0v) is 19.6. The molecule has 1 saturated carbocycles. The minimum absolute atomic E-state index is 0.0941. The van der Waals surface area contributed by atoms with Crippen LogP contribution in [0.25, 0.3) is 0 Å². The Balaban J connectivity index is 1.35. The quantitative estimate of drug-likeness (QED) is 0.215. The van der Waals surface area contributed by atoms with Gasteiger partial charge in [0.2, 0.25) is 5.91 Å². The highest BCUT2D eigenvalue weighted by Crippen LogP contribution is 2.38. The number of hydroxylamine groups is 1. The van der Waals surface area contributed by atoms with Gasteiger partial charge in [0.15, 0.2) is 0 Å². The zero-order chi connectivity index (χ0) is 25.5. The van der Waals surface area contributed by atoms with Crippen LogP contribution in [0.1, 0.15) is 34.3 Å². The second-order valence-electron chi connectivity index (χ2n) is 8.83. The van der Waals surface area contributed by atoms with Crippen molar-refractivity contribution in [2.24, 2.45) is 0 Å². The minimum Gasteiger partial charge on any atom is -0.387 e. The summed E-state index contributed by atoms with van der Waals surface area (Å²) < 4.78 is 5.30. The highest BCUT2D eigenvalue weighted by molar-refractivity contribution is 5.98. The number of aliphatic hydroxyl groups is 1. The van der Waals surface area contributed by atoms with E-state index in [2.05, 4.69) is 22.5 Å². The molecule has 2 aliphatic rings. The molecule has 36 heavy (non-hydrogen) atoms. The van der Waals surface area contributed by atoms with E-state index in [0.717, 1.165) is 18.7 Å². The van der Waals surface area contributed by atoms with E-state index in [4.69, 9.17) is 9.94 Å². The molecule has 1 heterocycles. The maximum absolute atomic E-state index is 12.5. The Labute approximate surface area is 208 Å². The van der Waals surface area contributed by atoms with Gasteiger partial charge in [-0.25, -0.2) is 5.48 Å². The van der Waals surface area contributed by atoms with E-state index >= 15 is 0 Å². The molecule has 1 unspecified atom stereocenters. The van der Waals surface area contributed by atoms with E-state index in [1.807, 2.05) is 17.0 Å². The van der Waals surface area contributed by atoms with Gasteiger partial charge in [0.1, 0.15) is 6.04 Å². The number of hydrogen-bond acceptors (Lipinski definition) is 7. The van der Waals surface area contributed by atoms with Crippen LogP contribution in [0.3, 0.4) is 0 Å². The average molecular weight is 493 g/mol. The third-order valence-corrected chi connectivity index (χ3v) is 6.06. The van der Waals surface area contributed by atoms with Crippen LogP contribution >= 0.6 is 0 Å². The molecule has 0 spiro atoms. The molecule has 0 aromatic heterocycles. The van der Waals surface area contributed by atoms with Crippen molar-refractivity contribution in [2.75, 3.05) is 38.2 Å². The third-order valence-electron chi connectivity index (χ3n) is 6.06. The first-order valence-electron chi connectivity index (χ1n) is 11.7. The van der Waals surface area contributed by atoms with Gasteiger partial charge in [0.25, 0.3) is 11.8 Å². The molecule has 0 radical (unpaired) electrons. The third kappa shape index (κ3) is 6.68. The zero-order valence-electron chi connectivity index (χ0n) is 19.6. The fourth-order valence-corrected chi connectivity index (χ4v) is 3.83. The SMILES string of the molecule is O=C(CN1CCOCC1)Nc1cccc(C#Cc2ccc(C(=O)NC(C(=O)NO)C3(O)CC3)cc2)c1. The predicted molar refractivity (Wildman–Crippen MR) is 130 cm³/mol. The number of anilines is 1. The summed E-state index contributed by atoms with van der Waals surface area (Å²) in [6.45, 7) is 3.05. The van der Waals surface area contributed by atoms with Crippen molar-refractivity contribution in [1.82, 2.24) is 15.7 Å². The number of nitrogens with one attached hydrogen (secondary N) is 3. The summed E-state index contributed by atoms with van der Waals surface area (Å²) in [5.41, 5.74) is 2.46. The lowest BCUT2D eigenvalue weighted by atomic mass is 10.1. The number of benzene rings is 2. The number of rotatable bonds is 7. The Morgan fingerprint density at radius 3 is 2.39 bits per heavy atom. The molecular formula is C26H28N4O6. The molecular weight excluding hydrogens is 464 g/mol. The van der Waals surface area contributed by atoms with Gasteiger partial charge in [0.05, 0.1) is 25.4 Å². The summed E-state index contributed by atoms with van der Waals surface area (Å²) in [5, 5.41) is 24.5. The van der Waals surface area contributed by atoms with Gasteiger partial charge in [-0.3, -0.25) is 24.5 Å². The second-order valence-corrected chi connectivity index (χ2v) is 8.83. The van der Waals surface area contributed by atoms with Gasteiger partial charge in [-0.1, -0.05) is 17.9 Å². The van der Waals surface area contributed by atoms with Crippen molar-refractivity contribution in [3.05, 3.63) is 65.2 Å². The van der Waals surface area contributed by atoms with E-state index in [-0.39, 0.29) is 11.5 Å². The van der Waals surface area contributed by atoms with Crippen LogP contribution in [0.5, 0.6) is 0 Å². The fraction of sp³-hybridized carbons (Fsp3) is 0.346. The van der Waals surface area contributed by atoms with Gasteiger partial charge < -0.3 is 20.5 Å². The predicted octanol–water partition coefficient (Wildman–Crippen LogP) is 0.486. The lowest BCUT2D eigenvalue weighted by molar-refractivity contribution is -0.134. The number of amides is 3. The van der Waals surface area contributed by atoms with Crippen LogP contribution in [0.4, 0.5) is 5.69 Å². The molecule has 1 saturated heterocycles. The van der Waals surface area contributed by atoms with Crippen LogP contribution in [0.2, 0.25) is 0 Å². The number of nitrogens with zero attached hydrogens (tertiary/aromatic N) is 1. The van der Waals surface area contributed by atoms with Crippen molar-refractivity contribution >= 4 is 23.4 Å². The molecule has 5 N–H and O–H groups in total. The molecule has 1 aliphatic carbocycles. The second kappa shape index (κ2) is 11.3. The van der Waals surface area contributed by atoms with Crippen molar-refractivity contribution < 1.29 is 29.4 Å². The normalized spacial score (nSPS) is 17.2. The summed E-state index contributed by atoms with van der Waals surface area (Å²) in [5.74, 6) is 4.55. The number of carbonyl (C=O) groups excluding carboxylic acids is 3. The van der Waals surface area contributed by atoms with Gasteiger partial charge in [0, 0.05) is 35.5 Å². The summed E-state index contributed by atoms with van der Waals surface area (Å²) in [7, 11) is 0. The van der Waals surface area contributed by atoms with Gasteiger partial charge in [-0.05, 0) is 55.3 Å². The van der Waals surface area contributed by atoms with E-state index in [9.17, 15) is 19.5 Å².